The van der Waals surface area contributed by atoms with Gasteiger partial charge in [-0.1, -0.05) is 25.0 Å². The maximum Gasteiger partial charge on any atom is 0.236 e. The predicted molar refractivity (Wildman–Crippen MR) is 105 cm³/mol. The number of fused-ring (bicyclic) bond motifs is 1. The molecule has 4 nitrogen and oxygen atoms in total. The van der Waals surface area contributed by atoms with Gasteiger partial charge in [-0.3, -0.25) is 9.69 Å². The van der Waals surface area contributed by atoms with Crippen LogP contribution in [-0.4, -0.2) is 60.5 Å². The third-order valence-corrected chi connectivity index (χ3v) is 6.63. The van der Waals surface area contributed by atoms with E-state index >= 15 is 0 Å². The summed E-state index contributed by atoms with van der Waals surface area (Å²) in [7, 11) is 0. The van der Waals surface area contributed by atoms with Crippen LogP contribution in [0.1, 0.15) is 56.4 Å². The fraction of sp³-hybridized carbons (Fsp3) is 0.682. The van der Waals surface area contributed by atoms with Crippen molar-refractivity contribution < 1.29 is 9.18 Å². The number of piperidine rings is 1. The maximum atomic E-state index is 13.8. The molecule has 5 heteroatoms. The van der Waals surface area contributed by atoms with Gasteiger partial charge >= 0.3 is 0 Å². The first-order valence-electron chi connectivity index (χ1n) is 10.7. The molecule has 148 valence electrons. The number of carbonyl (C=O) groups excluding carboxylic acids is 1. The molecule has 3 atom stereocenters. The Bertz CT molecular complexity index is 646. The average molecular weight is 374 g/mol. The third-order valence-electron chi connectivity index (χ3n) is 6.63. The molecule has 0 aromatic heterocycles. The standard InChI is InChI=1S/C22H32FN3O/c23-18-9-7-8-17(14-18)19-15-26(16-21(27)25-12-5-2-6-13-25)20-10-3-1-4-11-24-22(19)20/h7-9,14,19-20,22,24H,1-6,10-13,15-16H2/t19-,20+,22-/m0/s1. The summed E-state index contributed by atoms with van der Waals surface area (Å²) in [6, 6.07) is 7.72. The Morgan fingerprint density at radius 2 is 1.93 bits per heavy atom. The van der Waals surface area contributed by atoms with E-state index < -0.39 is 0 Å². The molecule has 4 rings (SSSR count). The highest BCUT2D eigenvalue weighted by Crippen LogP contribution is 2.35. The number of rotatable bonds is 3. The Kier molecular flexibility index (Phi) is 6.08. The van der Waals surface area contributed by atoms with Gasteiger partial charge in [0.2, 0.25) is 5.91 Å². The predicted octanol–water partition coefficient (Wildman–Crippen LogP) is 3.14. The summed E-state index contributed by atoms with van der Waals surface area (Å²) in [6.07, 6.45) is 8.28. The van der Waals surface area contributed by atoms with Gasteiger partial charge in [0, 0.05) is 37.6 Å². The second-order valence-corrected chi connectivity index (χ2v) is 8.43. The highest BCUT2D eigenvalue weighted by atomic mass is 19.1. The summed E-state index contributed by atoms with van der Waals surface area (Å²) in [5, 5.41) is 3.75. The zero-order chi connectivity index (χ0) is 18.6. The first kappa shape index (κ1) is 18.9. The number of hydrogen-bond acceptors (Lipinski definition) is 3. The zero-order valence-electron chi connectivity index (χ0n) is 16.2. The van der Waals surface area contributed by atoms with E-state index in [-0.39, 0.29) is 17.6 Å². The minimum atomic E-state index is -0.169. The van der Waals surface area contributed by atoms with E-state index in [9.17, 15) is 9.18 Å². The average Bonchev–Trinajstić information content (AvgIpc) is 2.98. The van der Waals surface area contributed by atoms with E-state index in [2.05, 4.69) is 10.2 Å². The number of nitrogens with one attached hydrogen (secondary N) is 1. The van der Waals surface area contributed by atoms with Gasteiger partial charge in [0.05, 0.1) is 6.54 Å². The van der Waals surface area contributed by atoms with Crippen molar-refractivity contribution in [1.29, 1.82) is 0 Å². The monoisotopic (exact) mass is 373 g/mol. The Morgan fingerprint density at radius 1 is 1.11 bits per heavy atom. The van der Waals surface area contributed by atoms with E-state index in [1.807, 2.05) is 17.0 Å². The largest absolute Gasteiger partial charge is 0.342 e. The van der Waals surface area contributed by atoms with Crippen molar-refractivity contribution in [2.24, 2.45) is 0 Å². The first-order valence-corrected chi connectivity index (χ1v) is 10.7. The molecule has 1 aromatic carbocycles. The molecule has 1 N–H and O–H groups in total. The van der Waals surface area contributed by atoms with Crippen LogP contribution in [0.15, 0.2) is 24.3 Å². The number of halogens is 1. The lowest BCUT2D eigenvalue weighted by atomic mass is 9.88. The van der Waals surface area contributed by atoms with Crippen molar-refractivity contribution in [3.63, 3.8) is 0 Å². The van der Waals surface area contributed by atoms with Crippen molar-refractivity contribution in [3.8, 4) is 0 Å². The van der Waals surface area contributed by atoms with Gasteiger partial charge in [0.1, 0.15) is 5.82 Å². The second kappa shape index (κ2) is 8.70. The van der Waals surface area contributed by atoms with E-state index in [4.69, 9.17) is 0 Å². The number of likely N-dealkylation sites (tertiary alicyclic amines) is 2. The molecule has 3 heterocycles. The van der Waals surface area contributed by atoms with Crippen molar-refractivity contribution in [3.05, 3.63) is 35.6 Å². The van der Waals surface area contributed by atoms with E-state index in [1.165, 1.54) is 31.7 Å². The van der Waals surface area contributed by atoms with Gasteiger partial charge in [-0.15, -0.1) is 0 Å². The lowest BCUT2D eigenvalue weighted by Crippen LogP contribution is -2.48. The van der Waals surface area contributed by atoms with Gasteiger partial charge in [-0.2, -0.15) is 0 Å². The molecule has 1 amide bonds. The lowest BCUT2D eigenvalue weighted by Gasteiger charge is -2.33. The molecule has 0 aliphatic carbocycles. The first-order chi connectivity index (χ1) is 13.2. The molecule has 27 heavy (non-hydrogen) atoms. The van der Waals surface area contributed by atoms with Crippen molar-refractivity contribution in [2.75, 3.05) is 32.7 Å². The lowest BCUT2D eigenvalue weighted by molar-refractivity contribution is -0.133. The van der Waals surface area contributed by atoms with Gasteiger partial charge in [-0.25, -0.2) is 4.39 Å². The van der Waals surface area contributed by atoms with Crippen LogP contribution in [0.4, 0.5) is 4.39 Å². The minimum Gasteiger partial charge on any atom is -0.342 e. The Morgan fingerprint density at radius 3 is 2.74 bits per heavy atom. The van der Waals surface area contributed by atoms with Crippen molar-refractivity contribution in [1.82, 2.24) is 15.1 Å². The Labute approximate surface area is 162 Å². The van der Waals surface area contributed by atoms with E-state index in [1.54, 1.807) is 6.07 Å². The maximum absolute atomic E-state index is 13.8. The summed E-state index contributed by atoms with van der Waals surface area (Å²) in [5.41, 5.74) is 1.06. The van der Waals surface area contributed by atoms with Gasteiger partial charge in [-0.05, 0) is 56.3 Å². The minimum absolute atomic E-state index is 0.169. The molecular weight excluding hydrogens is 341 g/mol. The SMILES string of the molecule is O=C(CN1C[C@@H](c2cccc(F)c2)[C@@H]2NCCCCC[C@H]21)N1CCCCC1. The van der Waals surface area contributed by atoms with Crippen LogP contribution >= 0.6 is 0 Å². The normalized spacial score (nSPS) is 29.8. The summed E-state index contributed by atoms with van der Waals surface area (Å²) >= 11 is 0. The van der Waals surface area contributed by atoms with Gasteiger partial charge < -0.3 is 10.2 Å². The van der Waals surface area contributed by atoms with Crippen molar-refractivity contribution in [2.45, 2.75) is 62.9 Å². The van der Waals surface area contributed by atoms with Crippen LogP contribution < -0.4 is 5.32 Å². The molecule has 1 aromatic rings. The van der Waals surface area contributed by atoms with Gasteiger partial charge in [0.15, 0.2) is 0 Å². The second-order valence-electron chi connectivity index (χ2n) is 8.43. The van der Waals surface area contributed by atoms with Crippen LogP contribution in [-0.2, 0) is 4.79 Å². The van der Waals surface area contributed by atoms with Crippen LogP contribution in [0.2, 0.25) is 0 Å². The Balaban J connectivity index is 1.52. The van der Waals surface area contributed by atoms with Crippen molar-refractivity contribution >= 4 is 5.91 Å². The molecule has 3 aliphatic heterocycles. The van der Waals surface area contributed by atoms with Crippen LogP contribution in [0.5, 0.6) is 0 Å². The van der Waals surface area contributed by atoms with Crippen LogP contribution in [0, 0.1) is 5.82 Å². The number of benzene rings is 1. The fourth-order valence-corrected chi connectivity index (χ4v) is 5.21. The highest BCUT2D eigenvalue weighted by molar-refractivity contribution is 5.78. The molecule has 0 unspecified atom stereocenters. The topological polar surface area (TPSA) is 35.6 Å². The summed E-state index contributed by atoms with van der Waals surface area (Å²) in [4.78, 5) is 17.3. The molecule has 0 spiro atoms. The van der Waals surface area contributed by atoms with Gasteiger partial charge in [0.25, 0.3) is 0 Å². The number of hydrogen-bond donors (Lipinski definition) is 1. The number of nitrogens with zero attached hydrogens (tertiary/aromatic N) is 2. The zero-order valence-corrected chi connectivity index (χ0v) is 16.2. The summed E-state index contributed by atoms with van der Waals surface area (Å²) in [6.45, 7) is 4.18. The summed E-state index contributed by atoms with van der Waals surface area (Å²) in [5.74, 6) is 0.353. The van der Waals surface area contributed by atoms with E-state index in [0.717, 1.165) is 51.0 Å². The Hall–Kier alpha value is -1.46. The number of carbonyl (C=O) groups is 1. The molecule has 0 saturated carbocycles. The molecule has 3 aliphatic rings. The van der Waals surface area contributed by atoms with Crippen LogP contribution in [0.25, 0.3) is 0 Å². The quantitative estimate of drug-likeness (QED) is 0.884. The molecule has 0 bridgehead atoms. The van der Waals surface area contributed by atoms with E-state index in [0.29, 0.717) is 18.6 Å². The number of amides is 1. The molecule has 0 radical (unpaired) electrons. The molecule has 3 saturated heterocycles. The summed E-state index contributed by atoms with van der Waals surface area (Å²) < 4.78 is 13.8. The third kappa shape index (κ3) is 4.35. The smallest absolute Gasteiger partial charge is 0.236 e. The highest BCUT2D eigenvalue weighted by Gasteiger charge is 2.43. The van der Waals surface area contributed by atoms with Crippen LogP contribution in [0.3, 0.4) is 0 Å². The fourth-order valence-electron chi connectivity index (χ4n) is 5.21. The molecule has 3 fully saturated rings. The molecular formula is C22H32FN3O.